The van der Waals surface area contributed by atoms with Crippen LogP contribution in [0.4, 0.5) is 0 Å². The number of likely N-dealkylation sites (tertiary alicyclic amines) is 1. The Labute approximate surface area is 180 Å². The highest BCUT2D eigenvalue weighted by Gasteiger charge is 2.43. The second-order valence-electron chi connectivity index (χ2n) is 8.78. The molecular weight excluding hydrogens is 396 g/mol. The molecule has 0 bridgehead atoms. The number of Topliss-reactive ketones (excluding diaryl/α,β-unsaturated/α-hetero) is 1. The van der Waals surface area contributed by atoms with Crippen LogP contribution in [0.3, 0.4) is 0 Å². The van der Waals surface area contributed by atoms with Crippen LogP contribution in [-0.2, 0) is 9.53 Å². The maximum Gasteiger partial charge on any atom is 0.257 e. The number of carbonyl (C=O) groups excluding carboxylic acids is 3. The minimum Gasteiger partial charge on any atom is -0.472 e. The van der Waals surface area contributed by atoms with Gasteiger partial charge in [0.25, 0.3) is 5.91 Å². The first-order valence-corrected chi connectivity index (χ1v) is 10.9. The summed E-state index contributed by atoms with van der Waals surface area (Å²) >= 11 is 0. The highest BCUT2D eigenvalue weighted by molar-refractivity contribution is 6.06. The Morgan fingerprint density at radius 1 is 1.13 bits per heavy atom. The Morgan fingerprint density at radius 3 is 2.71 bits per heavy atom. The summed E-state index contributed by atoms with van der Waals surface area (Å²) in [6, 6.07) is 9.04. The Bertz CT molecular complexity index is 991. The van der Waals surface area contributed by atoms with E-state index in [-0.39, 0.29) is 35.7 Å². The van der Waals surface area contributed by atoms with E-state index in [1.807, 2.05) is 23.1 Å². The molecule has 1 aromatic heterocycles. The number of hydrogen-bond acceptors (Lipinski definition) is 5. The van der Waals surface area contributed by atoms with Crippen molar-refractivity contribution < 1.29 is 23.5 Å². The number of rotatable bonds is 4. The molecule has 2 aromatic rings. The van der Waals surface area contributed by atoms with Crippen LogP contribution in [0.15, 0.2) is 47.3 Å². The summed E-state index contributed by atoms with van der Waals surface area (Å²) in [5, 5.41) is 3.00. The van der Waals surface area contributed by atoms with Gasteiger partial charge in [0.15, 0.2) is 5.78 Å². The molecule has 7 heteroatoms. The van der Waals surface area contributed by atoms with Crippen molar-refractivity contribution in [2.75, 3.05) is 19.6 Å². The molecule has 5 rings (SSSR count). The van der Waals surface area contributed by atoms with E-state index in [1.54, 1.807) is 12.1 Å². The van der Waals surface area contributed by atoms with Crippen LogP contribution < -0.4 is 5.32 Å². The van der Waals surface area contributed by atoms with E-state index in [4.69, 9.17) is 9.15 Å². The molecule has 2 aliphatic heterocycles. The van der Waals surface area contributed by atoms with Gasteiger partial charge in [-0.2, -0.15) is 0 Å². The summed E-state index contributed by atoms with van der Waals surface area (Å²) in [6.45, 7) is 1.76. The Morgan fingerprint density at radius 2 is 1.94 bits per heavy atom. The first-order valence-electron chi connectivity index (χ1n) is 10.9. The van der Waals surface area contributed by atoms with Gasteiger partial charge < -0.3 is 19.4 Å². The molecule has 2 amide bonds. The minimum atomic E-state index is -0.406. The van der Waals surface area contributed by atoms with Crippen molar-refractivity contribution in [1.82, 2.24) is 10.2 Å². The lowest BCUT2D eigenvalue weighted by Crippen LogP contribution is -2.47. The van der Waals surface area contributed by atoms with Crippen molar-refractivity contribution in [3.63, 3.8) is 0 Å². The van der Waals surface area contributed by atoms with Gasteiger partial charge in [0.05, 0.1) is 29.4 Å². The Hall–Kier alpha value is -2.93. The number of nitrogens with zero attached hydrogens (tertiary/aromatic N) is 1. The maximum atomic E-state index is 12.7. The van der Waals surface area contributed by atoms with E-state index in [0.29, 0.717) is 30.8 Å². The van der Waals surface area contributed by atoms with E-state index in [2.05, 4.69) is 5.32 Å². The summed E-state index contributed by atoms with van der Waals surface area (Å²) < 4.78 is 11.4. The van der Waals surface area contributed by atoms with E-state index < -0.39 is 5.92 Å². The van der Waals surface area contributed by atoms with Crippen molar-refractivity contribution in [1.29, 1.82) is 0 Å². The SMILES string of the molecule is O=C1C[C@@H](C(=O)NC[C@@H]2CCC3(CCN(C(=O)c4ccoc4)CC3)O2)c2ccccc21. The molecule has 1 N–H and O–H groups in total. The lowest BCUT2D eigenvalue weighted by Gasteiger charge is -2.39. The molecule has 0 radical (unpaired) electrons. The monoisotopic (exact) mass is 422 g/mol. The number of benzene rings is 1. The fraction of sp³-hybridized carbons (Fsp3) is 0.458. The number of ketones is 1. The summed E-state index contributed by atoms with van der Waals surface area (Å²) in [5.74, 6) is -0.486. The molecule has 2 atom stereocenters. The number of amides is 2. The summed E-state index contributed by atoms with van der Waals surface area (Å²) in [7, 11) is 0. The van der Waals surface area contributed by atoms with Crippen LogP contribution in [0.1, 0.15) is 64.3 Å². The molecule has 0 unspecified atom stereocenters. The van der Waals surface area contributed by atoms with Gasteiger partial charge in [-0.05, 0) is 37.3 Å². The molecule has 7 nitrogen and oxygen atoms in total. The van der Waals surface area contributed by atoms with Crippen LogP contribution >= 0.6 is 0 Å². The molecule has 1 aromatic carbocycles. The highest BCUT2D eigenvalue weighted by Crippen LogP contribution is 2.39. The molecule has 1 spiro atoms. The zero-order chi connectivity index (χ0) is 21.4. The van der Waals surface area contributed by atoms with Crippen LogP contribution in [0.5, 0.6) is 0 Å². The number of fused-ring (bicyclic) bond motifs is 1. The average Bonchev–Trinajstić information content (AvgIpc) is 3.53. The van der Waals surface area contributed by atoms with Crippen molar-refractivity contribution >= 4 is 17.6 Å². The number of piperidine rings is 1. The molecule has 0 saturated carbocycles. The molecule has 2 fully saturated rings. The van der Waals surface area contributed by atoms with Gasteiger partial charge in [-0.15, -0.1) is 0 Å². The largest absolute Gasteiger partial charge is 0.472 e. The van der Waals surface area contributed by atoms with Crippen LogP contribution in [0.2, 0.25) is 0 Å². The number of nitrogens with one attached hydrogen (secondary N) is 1. The molecule has 1 aliphatic carbocycles. The van der Waals surface area contributed by atoms with E-state index in [0.717, 1.165) is 31.2 Å². The zero-order valence-corrected chi connectivity index (χ0v) is 17.3. The second kappa shape index (κ2) is 7.96. The van der Waals surface area contributed by atoms with Crippen molar-refractivity contribution in [2.24, 2.45) is 0 Å². The van der Waals surface area contributed by atoms with Crippen molar-refractivity contribution in [3.8, 4) is 0 Å². The van der Waals surface area contributed by atoms with Gasteiger partial charge in [-0.25, -0.2) is 0 Å². The zero-order valence-electron chi connectivity index (χ0n) is 17.3. The molecule has 3 aliphatic rings. The second-order valence-corrected chi connectivity index (χ2v) is 8.78. The molecule has 31 heavy (non-hydrogen) atoms. The lowest BCUT2D eigenvalue weighted by atomic mass is 9.88. The van der Waals surface area contributed by atoms with E-state index >= 15 is 0 Å². The van der Waals surface area contributed by atoms with Crippen LogP contribution in [0.25, 0.3) is 0 Å². The third-order valence-electron chi connectivity index (χ3n) is 6.92. The number of carbonyl (C=O) groups is 3. The molecular formula is C24H26N2O5. The minimum absolute atomic E-state index is 0.00296. The smallest absolute Gasteiger partial charge is 0.257 e. The van der Waals surface area contributed by atoms with Crippen molar-refractivity contribution in [2.45, 2.75) is 49.7 Å². The van der Waals surface area contributed by atoms with Gasteiger partial charge in [0.2, 0.25) is 5.91 Å². The number of furan rings is 1. The summed E-state index contributed by atoms with van der Waals surface area (Å²) in [6.07, 6.45) is 6.61. The van der Waals surface area contributed by atoms with Gasteiger partial charge in [0, 0.05) is 31.6 Å². The normalized spacial score (nSPS) is 24.4. The third-order valence-corrected chi connectivity index (χ3v) is 6.92. The third kappa shape index (κ3) is 3.78. The summed E-state index contributed by atoms with van der Waals surface area (Å²) in [5.41, 5.74) is 1.85. The fourth-order valence-corrected chi connectivity index (χ4v) is 5.12. The predicted molar refractivity (Wildman–Crippen MR) is 112 cm³/mol. The highest BCUT2D eigenvalue weighted by atomic mass is 16.5. The Kier molecular flexibility index (Phi) is 5.14. The van der Waals surface area contributed by atoms with E-state index in [1.165, 1.54) is 12.5 Å². The van der Waals surface area contributed by atoms with Crippen LogP contribution in [0, 0.1) is 0 Å². The van der Waals surface area contributed by atoms with Crippen molar-refractivity contribution in [3.05, 3.63) is 59.5 Å². The number of ether oxygens (including phenoxy) is 1. The molecule has 3 heterocycles. The quantitative estimate of drug-likeness (QED) is 0.818. The van der Waals surface area contributed by atoms with E-state index in [9.17, 15) is 14.4 Å². The van der Waals surface area contributed by atoms with Gasteiger partial charge in [0.1, 0.15) is 6.26 Å². The first kappa shape index (κ1) is 20.0. The maximum absolute atomic E-state index is 12.7. The average molecular weight is 422 g/mol. The lowest BCUT2D eigenvalue weighted by molar-refractivity contribution is -0.124. The standard InChI is InChI=1S/C24H26N2O5/c27-21-13-20(18-3-1-2-4-19(18)21)22(28)25-14-17-5-7-24(31-17)8-10-26(11-9-24)23(29)16-6-12-30-15-16/h1-4,6,12,15,17,20H,5,7-11,13-14H2,(H,25,28)/t17-,20+/m0/s1. The topological polar surface area (TPSA) is 88.9 Å². The Balaban J connectivity index is 1.12. The predicted octanol–water partition coefficient (Wildman–Crippen LogP) is 2.92. The molecule has 2 saturated heterocycles. The van der Waals surface area contributed by atoms with Gasteiger partial charge >= 0.3 is 0 Å². The fourth-order valence-electron chi connectivity index (χ4n) is 5.12. The molecule has 162 valence electrons. The summed E-state index contributed by atoms with van der Waals surface area (Å²) in [4.78, 5) is 39.2. The first-order chi connectivity index (χ1) is 15.0. The van der Waals surface area contributed by atoms with Crippen LogP contribution in [-0.4, -0.2) is 53.8 Å². The van der Waals surface area contributed by atoms with Gasteiger partial charge in [-0.3, -0.25) is 14.4 Å². The number of hydrogen-bond donors (Lipinski definition) is 1. The van der Waals surface area contributed by atoms with Gasteiger partial charge in [-0.1, -0.05) is 24.3 Å².